The molecule has 1 rings (SSSR count). The van der Waals surface area contributed by atoms with Crippen LogP contribution in [0.1, 0.15) is 19.4 Å². The van der Waals surface area contributed by atoms with E-state index in [0.29, 0.717) is 13.1 Å². The van der Waals surface area contributed by atoms with Gasteiger partial charge in [-0.15, -0.1) is 0 Å². The number of pyridine rings is 1. The zero-order valence-electron chi connectivity index (χ0n) is 12.1. The molecule has 6 heteroatoms. The standard InChI is InChI=1S/C14H21N3O3/c1-4-17(10-12-5-7-15-8-6-12)14(20)16(3)9-11(2)13(18)19/h5-8,11H,4,9-10H2,1-3H3,(H,18,19). The normalized spacial score (nSPS) is 11.8. The molecule has 20 heavy (non-hydrogen) atoms. The summed E-state index contributed by atoms with van der Waals surface area (Å²) in [6.45, 7) is 4.73. The van der Waals surface area contributed by atoms with Crippen molar-refractivity contribution in [3.63, 3.8) is 0 Å². The fourth-order valence-electron chi connectivity index (χ4n) is 1.83. The largest absolute Gasteiger partial charge is 0.481 e. The van der Waals surface area contributed by atoms with Crippen molar-refractivity contribution in [2.24, 2.45) is 5.92 Å². The van der Waals surface area contributed by atoms with Crippen LogP contribution in [0.5, 0.6) is 0 Å². The second kappa shape index (κ2) is 7.47. The number of aromatic nitrogens is 1. The van der Waals surface area contributed by atoms with Crippen molar-refractivity contribution >= 4 is 12.0 Å². The monoisotopic (exact) mass is 279 g/mol. The van der Waals surface area contributed by atoms with Crippen LogP contribution in [-0.2, 0) is 11.3 Å². The summed E-state index contributed by atoms with van der Waals surface area (Å²) in [6, 6.07) is 3.54. The first-order chi connectivity index (χ1) is 9.45. The van der Waals surface area contributed by atoms with E-state index < -0.39 is 11.9 Å². The third-order valence-electron chi connectivity index (χ3n) is 3.07. The van der Waals surface area contributed by atoms with Crippen molar-refractivity contribution in [3.05, 3.63) is 30.1 Å². The summed E-state index contributed by atoms with van der Waals surface area (Å²) < 4.78 is 0. The molecule has 0 bridgehead atoms. The molecular weight excluding hydrogens is 258 g/mol. The lowest BCUT2D eigenvalue weighted by molar-refractivity contribution is -0.141. The number of carbonyl (C=O) groups is 2. The number of carboxylic acid groups (broad SMARTS) is 1. The van der Waals surface area contributed by atoms with Crippen molar-refractivity contribution in [1.82, 2.24) is 14.8 Å². The Labute approximate surface area is 119 Å². The SMILES string of the molecule is CCN(Cc1ccncc1)C(=O)N(C)CC(C)C(=O)O. The lowest BCUT2D eigenvalue weighted by Gasteiger charge is -2.28. The minimum Gasteiger partial charge on any atom is -0.481 e. The maximum atomic E-state index is 12.3. The minimum atomic E-state index is -0.901. The zero-order chi connectivity index (χ0) is 15.1. The summed E-state index contributed by atoms with van der Waals surface area (Å²) in [4.78, 5) is 30.2. The molecule has 1 unspecified atom stereocenters. The van der Waals surface area contributed by atoms with E-state index in [1.54, 1.807) is 31.3 Å². The van der Waals surface area contributed by atoms with Gasteiger partial charge in [0.15, 0.2) is 0 Å². The van der Waals surface area contributed by atoms with E-state index >= 15 is 0 Å². The maximum absolute atomic E-state index is 12.3. The number of carbonyl (C=O) groups excluding carboxylic acids is 1. The summed E-state index contributed by atoms with van der Waals surface area (Å²) in [6.07, 6.45) is 3.37. The van der Waals surface area contributed by atoms with Crippen molar-refractivity contribution in [1.29, 1.82) is 0 Å². The highest BCUT2D eigenvalue weighted by Crippen LogP contribution is 2.07. The average Bonchev–Trinajstić information content (AvgIpc) is 2.44. The van der Waals surface area contributed by atoms with Crippen LogP contribution >= 0.6 is 0 Å². The van der Waals surface area contributed by atoms with Gasteiger partial charge in [0.2, 0.25) is 0 Å². The predicted molar refractivity (Wildman–Crippen MR) is 75.1 cm³/mol. The van der Waals surface area contributed by atoms with E-state index in [2.05, 4.69) is 4.98 Å². The van der Waals surface area contributed by atoms with Gasteiger partial charge in [0.05, 0.1) is 5.92 Å². The molecule has 1 aromatic heterocycles. The topological polar surface area (TPSA) is 73.7 Å². The van der Waals surface area contributed by atoms with E-state index in [-0.39, 0.29) is 12.6 Å². The Balaban J connectivity index is 2.64. The molecule has 1 heterocycles. The number of hydrogen-bond acceptors (Lipinski definition) is 3. The van der Waals surface area contributed by atoms with Gasteiger partial charge in [-0.1, -0.05) is 6.92 Å². The second-order valence-corrected chi connectivity index (χ2v) is 4.77. The van der Waals surface area contributed by atoms with Crippen molar-refractivity contribution in [3.8, 4) is 0 Å². The summed E-state index contributed by atoms with van der Waals surface area (Å²) in [7, 11) is 1.62. The van der Waals surface area contributed by atoms with Gasteiger partial charge in [-0.2, -0.15) is 0 Å². The van der Waals surface area contributed by atoms with E-state index in [1.165, 1.54) is 4.90 Å². The number of rotatable bonds is 6. The Morgan fingerprint density at radius 2 is 1.95 bits per heavy atom. The van der Waals surface area contributed by atoms with Crippen LogP contribution in [0.3, 0.4) is 0 Å². The molecule has 6 nitrogen and oxygen atoms in total. The third-order valence-corrected chi connectivity index (χ3v) is 3.07. The number of hydrogen-bond donors (Lipinski definition) is 1. The molecule has 0 aliphatic carbocycles. The molecule has 0 radical (unpaired) electrons. The molecule has 0 aromatic carbocycles. The molecule has 0 saturated heterocycles. The predicted octanol–water partition coefficient (Wildman–Crippen LogP) is 1.68. The lowest BCUT2D eigenvalue weighted by Crippen LogP contribution is -2.43. The Morgan fingerprint density at radius 1 is 1.35 bits per heavy atom. The number of urea groups is 1. The zero-order valence-corrected chi connectivity index (χ0v) is 12.1. The highest BCUT2D eigenvalue weighted by Gasteiger charge is 2.21. The van der Waals surface area contributed by atoms with Gasteiger partial charge in [-0.3, -0.25) is 9.78 Å². The van der Waals surface area contributed by atoms with Crippen molar-refractivity contribution in [2.45, 2.75) is 20.4 Å². The Kier molecular flexibility index (Phi) is 5.96. The Bertz CT molecular complexity index is 450. The van der Waals surface area contributed by atoms with Crippen molar-refractivity contribution < 1.29 is 14.7 Å². The molecule has 1 aromatic rings. The summed E-state index contributed by atoms with van der Waals surface area (Å²) >= 11 is 0. The first-order valence-corrected chi connectivity index (χ1v) is 6.57. The Morgan fingerprint density at radius 3 is 2.45 bits per heavy atom. The average molecular weight is 279 g/mol. The quantitative estimate of drug-likeness (QED) is 0.859. The third kappa shape index (κ3) is 4.53. The van der Waals surface area contributed by atoms with Crippen LogP contribution in [0.25, 0.3) is 0 Å². The number of carboxylic acids is 1. The minimum absolute atomic E-state index is 0.169. The van der Waals surface area contributed by atoms with Gasteiger partial charge >= 0.3 is 12.0 Å². The molecule has 1 atom stereocenters. The molecule has 0 aliphatic rings. The van der Waals surface area contributed by atoms with Gasteiger partial charge in [0, 0.05) is 39.1 Å². The summed E-state index contributed by atoms with van der Waals surface area (Å²) in [5.41, 5.74) is 0.995. The number of aliphatic carboxylic acids is 1. The van der Waals surface area contributed by atoms with Gasteiger partial charge in [-0.25, -0.2) is 4.79 Å². The van der Waals surface area contributed by atoms with Gasteiger partial charge in [0.25, 0.3) is 0 Å². The van der Waals surface area contributed by atoms with E-state index in [0.717, 1.165) is 5.56 Å². The second-order valence-electron chi connectivity index (χ2n) is 4.77. The molecule has 110 valence electrons. The van der Waals surface area contributed by atoms with Crippen molar-refractivity contribution in [2.75, 3.05) is 20.1 Å². The van der Waals surface area contributed by atoms with Crippen LogP contribution in [-0.4, -0.2) is 52.0 Å². The van der Waals surface area contributed by atoms with Crippen LogP contribution in [0.15, 0.2) is 24.5 Å². The van der Waals surface area contributed by atoms with Gasteiger partial charge in [0.1, 0.15) is 0 Å². The molecule has 0 spiro atoms. The van der Waals surface area contributed by atoms with Gasteiger partial charge < -0.3 is 14.9 Å². The highest BCUT2D eigenvalue weighted by molar-refractivity contribution is 5.75. The van der Waals surface area contributed by atoms with Crippen LogP contribution in [0, 0.1) is 5.92 Å². The summed E-state index contributed by atoms with van der Waals surface area (Å²) in [5, 5.41) is 8.89. The highest BCUT2D eigenvalue weighted by atomic mass is 16.4. The Hall–Kier alpha value is -2.11. The van der Waals surface area contributed by atoms with E-state index in [1.807, 2.05) is 19.1 Å². The fourth-order valence-corrected chi connectivity index (χ4v) is 1.83. The molecule has 0 fully saturated rings. The molecule has 0 saturated carbocycles. The first-order valence-electron chi connectivity index (χ1n) is 6.57. The fraction of sp³-hybridized carbons (Fsp3) is 0.500. The van der Waals surface area contributed by atoms with Crippen LogP contribution in [0.2, 0.25) is 0 Å². The summed E-state index contributed by atoms with van der Waals surface area (Å²) in [5.74, 6) is -1.48. The number of nitrogens with zero attached hydrogens (tertiary/aromatic N) is 3. The van der Waals surface area contributed by atoms with E-state index in [4.69, 9.17) is 5.11 Å². The number of amides is 2. The lowest BCUT2D eigenvalue weighted by atomic mass is 10.2. The van der Waals surface area contributed by atoms with Crippen LogP contribution < -0.4 is 0 Å². The van der Waals surface area contributed by atoms with E-state index in [9.17, 15) is 9.59 Å². The molecule has 2 amide bonds. The molecular formula is C14H21N3O3. The maximum Gasteiger partial charge on any atom is 0.320 e. The molecule has 0 aliphatic heterocycles. The first kappa shape index (κ1) is 15.9. The van der Waals surface area contributed by atoms with Gasteiger partial charge in [-0.05, 0) is 24.6 Å². The molecule has 1 N–H and O–H groups in total. The smallest absolute Gasteiger partial charge is 0.320 e. The van der Waals surface area contributed by atoms with Crippen LogP contribution in [0.4, 0.5) is 4.79 Å².